The van der Waals surface area contributed by atoms with Crippen molar-refractivity contribution < 1.29 is 4.79 Å². The molecule has 8 heteroatoms. The van der Waals surface area contributed by atoms with Crippen molar-refractivity contribution in [3.63, 3.8) is 0 Å². The minimum atomic E-state index is 0.00111. The molecule has 0 bridgehead atoms. The fourth-order valence-corrected chi connectivity index (χ4v) is 3.79. The van der Waals surface area contributed by atoms with Crippen molar-refractivity contribution >= 4 is 29.0 Å². The minimum Gasteiger partial charge on any atom is -0.347 e. The zero-order valence-corrected chi connectivity index (χ0v) is 15.5. The predicted octanol–water partition coefficient (Wildman–Crippen LogP) is 3.00. The Morgan fingerprint density at radius 2 is 2.17 bits per heavy atom. The van der Waals surface area contributed by atoms with Gasteiger partial charge in [-0.15, -0.1) is 16.4 Å². The third kappa shape index (κ3) is 5.31. The first-order chi connectivity index (χ1) is 11.0. The van der Waals surface area contributed by atoms with Gasteiger partial charge in [0.1, 0.15) is 0 Å². The maximum Gasteiger partial charge on any atom is 0.230 e. The molecule has 2 aromatic heterocycles. The van der Waals surface area contributed by atoms with Gasteiger partial charge in [0.15, 0.2) is 0 Å². The van der Waals surface area contributed by atoms with Gasteiger partial charge in [-0.1, -0.05) is 45.5 Å². The summed E-state index contributed by atoms with van der Waals surface area (Å²) in [5.74, 6) is 1.11. The Morgan fingerprint density at radius 1 is 1.39 bits per heavy atom. The summed E-state index contributed by atoms with van der Waals surface area (Å²) >= 11 is 3.04. The monoisotopic (exact) mass is 353 g/mol. The van der Waals surface area contributed by atoms with Crippen LogP contribution in [0.15, 0.2) is 22.7 Å². The van der Waals surface area contributed by atoms with E-state index in [1.807, 2.05) is 11.4 Å². The van der Waals surface area contributed by atoms with Crippen LogP contribution in [-0.2, 0) is 11.3 Å². The third-order valence-electron chi connectivity index (χ3n) is 3.20. The van der Waals surface area contributed by atoms with Crippen molar-refractivity contribution in [3.05, 3.63) is 22.4 Å². The molecule has 0 radical (unpaired) electrons. The number of rotatable bonds is 8. The van der Waals surface area contributed by atoms with E-state index in [0.29, 0.717) is 22.7 Å². The number of hydrogen-bond acceptors (Lipinski definition) is 6. The van der Waals surface area contributed by atoms with E-state index < -0.39 is 0 Å². The lowest BCUT2D eigenvalue weighted by atomic mass is 10.0. The summed E-state index contributed by atoms with van der Waals surface area (Å²) in [6.45, 7) is 9.19. The van der Waals surface area contributed by atoms with Crippen molar-refractivity contribution in [1.82, 2.24) is 25.5 Å². The maximum absolute atomic E-state index is 12.3. The smallest absolute Gasteiger partial charge is 0.230 e. The van der Waals surface area contributed by atoms with Crippen LogP contribution < -0.4 is 5.32 Å². The molecule has 0 aliphatic heterocycles. The van der Waals surface area contributed by atoms with Crippen LogP contribution in [0.25, 0.3) is 0 Å². The summed E-state index contributed by atoms with van der Waals surface area (Å²) < 4.78 is 1.75. The summed E-state index contributed by atoms with van der Waals surface area (Å²) in [4.78, 5) is 13.5. The van der Waals surface area contributed by atoms with Gasteiger partial charge in [-0.3, -0.25) is 4.79 Å². The van der Waals surface area contributed by atoms with Crippen molar-refractivity contribution in [2.75, 3.05) is 5.75 Å². The van der Waals surface area contributed by atoms with Crippen molar-refractivity contribution in [2.45, 2.75) is 45.4 Å². The normalized spacial score (nSPS) is 12.8. The number of hydrogen-bond donors (Lipinski definition) is 1. The zero-order valence-electron chi connectivity index (χ0n) is 13.9. The van der Waals surface area contributed by atoms with Gasteiger partial charge in [-0.25, -0.2) is 4.68 Å². The van der Waals surface area contributed by atoms with E-state index >= 15 is 0 Å². The van der Waals surface area contributed by atoms with Crippen LogP contribution >= 0.6 is 23.1 Å². The molecule has 0 fully saturated rings. The largest absolute Gasteiger partial charge is 0.347 e. The van der Waals surface area contributed by atoms with Crippen molar-refractivity contribution in [2.24, 2.45) is 11.8 Å². The lowest BCUT2D eigenvalue weighted by Crippen LogP contribution is -2.32. The first-order valence-corrected chi connectivity index (χ1v) is 9.55. The lowest BCUT2D eigenvalue weighted by molar-refractivity contribution is -0.119. The molecule has 126 valence electrons. The molecule has 1 N–H and O–H groups in total. The molecular weight excluding hydrogens is 330 g/mol. The van der Waals surface area contributed by atoms with Gasteiger partial charge in [-0.05, 0) is 33.7 Å². The number of thioether (sulfide) groups is 1. The number of thiophene rings is 1. The van der Waals surface area contributed by atoms with E-state index in [1.165, 1.54) is 16.6 Å². The SMILES string of the molecule is CC(C)Cn1nnnc1SCC(=O)NC(c1cccs1)C(C)C. The molecule has 2 aromatic rings. The molecular formula is C15H23N5OS2. The Bertz CT molecular complexity index is 609. The van der Waals surface area contributed by atoms with Crippen molar-refractivity contribution in [3.8, 4) is 0 Å². The fourth-order valence-electron chi connectivity index (χ4n) is 2.14. The van der Waals surface area contributed by atoms with E-state index in [0.717, 1.165) is 6.54 Å². The Labute approximate surface area is 145 Å². The third-order valence-corrected chi connectivity index (χ3v) is 5.11. The lowest BCUT2D eigenvalue weighted by Gasteiger charge is -2.21. The van der Waals surface area contributed by atoms with Gasteiger partial charge < -0.3 is 5.32 Å². The molecule has 2 rings (SSSR count). The highest BCUT2D eigenvalue weighted by Gasteiger charge is 2.20. The summed E-state index contributed by atoms with van der Waals surface area (Å²) in [5.41, 5.74) is 0. The topological polar surface area (TPSA) is 72.7 Å². The van der Waals surface area contributed by atoms with E-state index in [9.17, 15) is 4.79 Å². The summed E-state index contributed by atoms with van der Waals surface area (Å²) in [5, 5.41) is 17.5. The van der Waals surface area contributed by atoms with Gasteiger partial charge in [0.25, 0.3) is 0 Å². The average Bonchev–Trinajstić information content (AvgIpc) is 3.13. The van der Waals surface area contributed by atoms with E-state index in [4.69, 9.17) is 0 Å². The second-order valence-electron chi connectivity index (χ2n) is 6.13. The molecule has 1 unspecified atom stereocenters. The zero-order chi connectivity index (χ0) is 16.8. The molecule has 0 aliphatic carbocycles. The Hall–Kier alpha value is -1.41. The van der Waals surface area contributed by atoms with Crippen LogP contribution in [0, 0.1) is 11.8 Å². The number of carbonyl (C=O) groups is 1. The molecule has 0 aliphatic rings. The molecule has 1 amide bonds. The summed E-state index contributed by atoms with van der Waals surface area (Å²) in [6.07, 6.45) is 0. The number of amides is 1. The molecule has 0 aromatic carbocycles. The highest BCUT2D eigenvalue weighted by molar-refractivity contribution is 7.99. The van der Waals surface area contributed by atoms with Gasteiger partial charge in [0.05, 0.1) is 11.8 Å². The molecule has 0 spiro atoms. The van der Waals surface area contributed by atoms with Crippen LogP contribution in [0.2, 0.25) is 0 Å². The molecule has 0 saturated carbocycles. The molecule has 6 nitrogen and oxygen atoms in total. The molecule has 2 heterocycles. The number of nitrogens with one attached hydrogen (secondary N) is 1. The van der Waals surface area contributed by atoms with Crippen LogP contribution in [0.1, 0.15) is 38.6 Å². The average molecular weight is 354 g/mol. The van der Waals surface area contributed by atoms with Gasteiger partial charge in [0.2, 0.25) is 11.1 Å². The fraction of sp³-hybridized carbons (Fsp3) is 0.600. The van der Waals surface area contributed by atoms with E-state index in [2.05, 4.69) is 54.6 Å². The number of carbonyl (C=O) groups excluding carboxylic acids is 1. The maximum atomic E-state index is 12.3. The quantitative estimate of drug-likeness (QED) is 0.739. The number of aromatic nitrogens is 4. The van der Waals surface area contributed by atoms with Crippen LogP contribution in [0.3, 0.4) is 0 Å². The summed E-state index contributed by atoms with van der Waals surface area (Å²) in [7, 11) is 0. The van der Waals surface area contributed by atoms with Crippen molar-refractivity contribution in [1.29, 1.82) is 0 Å². The van der Waals surface area contributed by atoms with Crippen LogP contribution in [-0.4, -0.2) is 31.9 Å². The highest BCUT2D eigenvalue weighted by atomic mass is 32.2. The Balaban J connectivity index is 1.91. The van der Waals surface area contributed by atoms with E-state index in [1.54, 1.807) is 16.0 Å². The predicted molar refractivity (Wildman–Crippen MR) is 93.4 cm³/mol. The number of nitrogens with zero attached hydrogens (tertiary/aromatic N) is 4. The standard InChI is InChI=1S/C15H23N5OS2/c1-10(2)8-20-15(17-18-19-20)23-9-13(21)16-14(11(3)4)12-6-5-7-22-12/h5-7,10-11,14H,8-9H2,1-4H3,(H,16,21). The highest BCUT2D eigenvalue weighted by Crippen LogP contribution is 2.26. The van der Waals surface area contributed by atoms with Gasteiger partial charge >= 0.3 is 0 Å². The van der Waals surface area contributed by atoms with Crippen LogP contribution in [0.4, 0.5) is 0 Å². The first-order valence-electron chi connectivity index (χ1n) is 7.69. The molecule has 0 saturated heterocycles. The first kappa shape index (κ1) is 17.9. The molecule has 1 atom stereocenters. The Morgan fingerprint density at radius 3 is 2.78 bits per heavy atom. The summed E-state index contributed by atoms with van der Waals surface area (Å²) in [6, 6.07) is 4.12. The van der Waals surface area contributed by atoms with Crippen LogP contribution in [0.5, 0.6) is 0 Å². The van der Waals surface area contributed by atoms with Gasteiger partial charge in [-0.2, -0.15) is 0 Å². The second-order valence-corrected chi connectivity index (χ2v) is 8.05. The molecule has 23 heavy (non-hydrogen) atoms. The van der Waals surface area contributed by atoms with Gasteiger partial charge in [0, 0.05) is 11.4 Å². The minimum absolute atomic E-state index is 0.00111. The Kier molecular flexibility index (Phi) is 6.59. The van der Waals surface area contributed by atoms with E-state index in [-0.39, 0.29) is 11.9 Å². The number of tetrazole rings is 1. The second kappa shape index (κ2) is 8.44.